The van der Waals surface area contributed by atoms with Crippen LogP contribution in [0.1, 0.15) is 74.1 Å². The van der Waals surface area contributed by atoms with Gasteiger partial charge in [0.05, 0.1) is 5.60 Å². The van der Waals surface area contributed by atoms with Crippen LogP contribution in [0.4, 0.5) is 0 Å². The van der Waals surface area contributed by atoms with E-state index in [-0.39, 0.29) is 11.1 Å². The minimum atomic E-state index is -0.136. The Hall–Kier alpha value is -0.0800. The van der Waals surface area contributed by atoms with E-state index in [9.17, 15) is 0 Å². The Labute approximate surface area is 127 Å². The molecule has 0 N–H and O–H groups in total. The lowest BCUT2D eigenvalue weighted by atomic mass is 9.70. The molecule has 1 fully saturated rings. The topological polar surface area (TPSA) is 12.5 Å². The van der Waals surface area contributed by atoms with Gasteiger partial charge in [0.15, 0.2) is 0 Å². The van der Waals surface area contributed by atoms with Crippen molar-refractivity contribution >= 4 is 0 Å². The predicted octanol–water partition coefficient (Wildman–Crippen LogP) is 4.73. The highest BCUT2D eigenvalue weighted by Crippen LogP contribution is 2.41. The smallest absolute Gasteiger partial charge is 0.0800 e. The second-order valence-electron chi connectivity index (χ2n) is 8.76. The van der Waals surface area contributed by atoms with E-state index in [1.165, 1.54) is 25.7 Å². The maximum absolute atomic E-state index is 5.75. The van der Waals surface area contributed by atoms with Gasteiger partial charge in [-0.1, -0.05) is 20.8 Å². The fourth-order valence-electron chi connectivity index (χ4n) is 3.46. The molecule has 0 spiro atoms. The number of ether oxygens (including phenoxy) is 1. The molecule has 1 aliphatic rings. The summed E-state index contributed by atoms with van der Waals surface area (Å²) in [6.07, 6.45) is 5.37. The normalized spacial score (nSPS) is 26.1. The van der Waals surface area contributed by atoms with Crippen molar-refractivity contribution in [2.75, 3.05) is 14.2 Å². The van der Waals surface area contributed by atoms with E-state index in [1.54, 1.807) is 0 Å². The van der Waals surface area contributed by atoms with Crippen LogP contribution in [0.25, 0.3) is 0 Å². The average molecular weight is 284 g/mol. The van der Waals surface area contributed by atoms with Gasteiger partial charge in [-0.2, -0.15) is 0 Å². The first-order valence-electron chi connectivity index (χ1n) is 8.21. The molecular formula is C18H37NO. The summed E-state index contributed by atoms with van der Waals surface area (Å²) >= 11 is 0. The fourth-order valence-corrected chi connectivity index (χ4v) is 3.46. The summed E-state index contributed by atoms with van der Waals surface area (Å²) in [6, 6.07) is 0.693. The maximum Gasteiger partial charge on any atom is 0.0800 e. The third-order valence-corrected chi connectivity index (χ3v) is 6.33. The third kappa shape index (κ3) is 3.57. The molecule has 0 unspecified atom stereocenters. The highest BCUT2D eigenvalue weighted by atomic mass is 16.5. The molecule has 0 amide bonds. The SMILES string of the molecule is COC(C)(C)C(C)(C)N(C)C1CCC(C(C)(C)C)CC1. The van der Waals surface area contributed by atoms with Crippen LogP contribution in [0.15, 0.2) is 0 Å². The van der Waals surface area contributed by atoms with Crippen LogP contribution < -0.4 is 0 Å². The molecule has 1 rings (SSSR count). The summed E-state index contributed by atoms with van der Waals surface area (Å²) in [5.74, 6) is 0.880. The third-order valence-electron chi connectivity index (χ3n) is 6.33. The summed E-state index contributed by atoms with van der Waals surface area (Å²) in [4.78, 5) is 2.56. The minimum absolute atomic E-state index is 0.0426. The zero-order chi connectivity index (χ0) is 15.8. The molecule has 0 aromatic heterocycles. The molecule has 0 aromatic carbocycles. The highest BCUT2D eigenvalue weighted by Gasteiger charge is 2.44. The standard InChI is InChI=1S/C18H37NO/c1-16(2,3)14-10-12-15(13-11-14)19(8)17(4,5)18(6,7)20-9/h14-15H,10-13H2,1-9H3. The molecule has 2 heteroatoms. The van der Waals surface area contributed by atoms with E-state index < -0.39 is 0 Å². The molecule has 0 aliphatic heterocycles. The lowest BCUT2D eigenvalue weighted by Crippen LogP contribution is -2.60. The van der Waals surface area contributed by atoms with Crippen LogP contribution >= 0.6 is 0 Å². The van der Waals surface area contributed by atoms with Gasteiger partial charge in [-0.05, 0) is 71.8 Å². The molecule has 120 valence electrons. The summed E-state index contributed by atoms with van der Waals surface area (Å²) < 4.78 is 5.75. The van der Waals surface area contributed by atoms with Crippen molar-refractivity contribution in [3.05, 3.63) is 0 Å². The predicted molar refractivity (Wildman–Crippen MR) is 88.1 cm³/mol. The number of nitrogens with zero attached hydrogens (tertiary/aromatic N) is 1. The maximum atomic E-state index is 5.75. The first-order chi connectivity index (χ1) is 8.93. The zero-order valence-electron chi connectivity index (χ0n) is 15.3. The van der Waals surface area contributed by atoms with Crippen molar-refractivity contribution < 1.29 is 4.74 Å². The Bertz CT molecular complexity index is 306. The van der Waals surface area contributed by atoms with Crippen molar-refractivity contribution in [1.29, 1.82) is 0 Å². The van der Waals surface area contributed by atoms with Crippen molar-refractivity contribution in [2.24, 2.45) is 11.3 Å². The summed E-state index contributed by atoms with van der Waals surface area (Å²) in [5, 5.41) is 0. The van der Waals surface area contributed by atoms with Crippen molar-refractivity contribution in [3.63, 3.8) is 0 Å². The van der Waals surface area contributed by atoms with Crippen molar-refractivity contribution in [2.45, 2.75) is 91.3 Å². The molecule has 0 aromatic rings. The molecule has 2 nitrogen and oxygen atoms in total. The summed E-state index contributed by atoms with van der Waals surface area (Å²) in [5.41, 5.74) is 0.370. The van der Waals surface area contributed by atoms with E-state index in [4.69, 9.17) is 4.74 Å². The van der Waals surface area contributed by atoms with Crippen LogP contribution in [-0.4, -0.2) is 36.2 Å². The first kappa shape index (κ1) is 18.0. The lowest BCUT2D eigenvalue weighted by molar-refractivity contribution is -0.108. The first-order valence-corrected chi connectivity index (χ1v) is 8.21. The molecule has 0 bridgehead atoms. The van der Waals surface area contributed by atoms with E-state index in [0.29, 0.717) is 11.5 Å². The second kappa shape index (κ2) is 5.96. The van der Waals surface area contributed by atoms with Gasteiger partial charge >= 0.3 is 0 Å². The van der Waals surface area contributed by atoms with E-state index in [1.807, 2.05) is 7.11 Å². The number of likely N-dealkylation sites (N-methyl/N-ethyl adjacent to an activating group) is 1. The van der Waals surface area contributed by atoms with E-state index in [2.05, 4.69) is 60.4 Å². The Morgan fingerprint density at radius 1 is 0.850 bits per heavy atom. The Morgan fingerprint density at radius 3 is 1.65 bits per heavy atom. The average Bonchev–Trinajstić information content (AvgIpc) is 2.36. The van der Waals surface area contributed by atoms with Crippen LogP contribution in [0, 0.1) is 11.3 Å². The highest BCUT2D eigenvalue weighted by molar-refractivity contribution is 4.99. The fraction of sp³-hybridized carbons (Fsp3) is 1.00. The number of hydrogen-bond donors (Lipinski definition) is 0. The Morgan fingerprint density at radius 2 is 1.30 bits per heavy atom. The molecule has 0 atom stereocenters. The summed E-state index contributed by atoms with van der Waals surface area (Å²) in [7, 11) is 4.11. The van der Waals surface area contributed by atoms with E-state index >= 15 is 0 Å². The van der Waals surface area contributed by atoms with Gasteiger partial charge in [0.2, 0.25) is 0 Å². The van der Waals surface area contributed by atoms with Gasteiger partial charge in [-0.25, -0.2) is 0 Å². The molecule has 0 radical (unpaired) electrons. The second-order valence-corrected chi connectivity index (χ2v) is 8.76. The van der Waals surface area contributed by atoms with Crippen LogP contribution in [-0.2, 0) is 4.74 Å². The zero-order valence-corrected chi connectivity index (χ0v) is 15.3. The Kier molecular flexibility index (Phi) is 5.36. The van der Waals surface area contributed by atoms with Crippen LogP contribution in [0.5, 0.6) is 0 Å². The number of hydrogen-bond acceptors (Lipinski definition) is 2. The molecule has 20 heavy (non-hydrogen) atoms. The van der Waals surface area contributed by atoms with Gasteiger partial charge < -0.3 is 4.74 Å². The number of methoxy groups -OCH3 is 1. The van der Waals surface area contributed by atoms with Crippen LogP contribution in [0.2, 0.25) is 0 Å². The van der Waals surface area contributed by atoms with Gasteiger partial charge in [-0.3, -0.25) is 4.90 Å². The molecule has 0 saturated heterocycles. The van der Waals surface area contributed by atoms with Gasteiger partial charge in [0.25, 0.3) is 0 Å². The molecule has 1 saturated carbocycles. The lowest BCUT2D eigenvalue weighted by Gasteiger charge is -2.51. The molecular weight excluding hydrogens is 246 g/mol. The Balaban J connectivity index is 2.70. The quantitative estimate of drug-likeness (QED) is 0.740. The largest absolute Gasteiger partial charge is 0.377 e. The summed E-state index contributed by atoms with van der Waals surface area (Å²) in [6.45, 7) is 16.2. The van der Waals surface area contributed by atoms with Gasteiger partial charge in [0.1, 0.15) is 0 Å². The van der Waals surface area contributed by atoms with Crippen molar-refractivity contribution in [1.82, 2.24) is 4.90 Å². The molecule has 0 heterocycles. The van der Waals surface area contributed by atoms with E-state index in [0.717, 1.165) is 5.92 Å². The monoisotopic (exact) mass is 283 g/mol. The minimum Gasteiger partial charge on any atom is -0.377 e. The van der Waals surface area contributed by atoms with Gasteiger partial charge in [0, 0.05) is 18.7 Å². The number of rotatable bonds is 4. The van der Waals surface area contributed by atoms with Gasteiger partial charge in [-0.15, -0.1) is 0 Å². The molecule has 1 aliphatic carbocycles. The van der Waals surface area contributed by atoms with Crippen molar-refractivity contribution in [3.8, 4) is 0 Å². The van der Waals surface area contributed by atoms with Crippen LogP contribution in [0.3, 0.4) is 0 Å².